The summed E-state index contributed by atoms with van der Waals surface area (Å²) in [6, 6.07) is 11.0. The Morgan fingerprint density at radius 2 is 2.05 bits per heavy atom. The van der Waals surface area contributed by atoms with Crippen LogP contribution < -0.4 is 5.32 Å². The molecule has 0 aliphatic heterocycles. The van der Waals surface area contributed by atoms with Gasteiger partial charge in [0.25, 0.3) is 0 Å². The van der Waals surface area contributed by atoms with E-state index in [4.69, 9.17) is 11.6 Å². The van der Waals surface area contributed by atoms with Gasteiger partial charge in [0.1, 0.15) is 5.82 Å². The molecule has 0 heterocycles. The van der Waals surface area contributed by atoms with Gasteiger partial charge in [-0.25, -0.2) is 4.39 Å². The normalized spacial score (nSPS) is 12.4. The highest BCUT2D eigenvalue weighted by atomic mass is 79.9. The van der Waals surface area contributed by atoms with Crippen molar-refractivity contribution < 1.29 is 4.39 Å². The molecule has 0 saturated carbocycles. The number of rotatable bonds is 4. The second-order valence-corrected chi connectivity index (χ2v) is 5.87. The summed E-state index contributed by atoms with van der Waals surface area (Å²) in [5.74, 6) is -0.265. The summed E-state index contributed by atoms with van der Waals surface area (Å²) < 4.78 is 13.9. The highest BCUT2D eigenvalue weighted by molar-refractivity contribution is 9.10. The van der Waals surface area contributed by atoms with Crippen molar-refractivity contribution in [2.24, 2.45) is 0 Å². The van der Waals surface area contributed by atoms with Crippen LogP contribution in [-0.4, -0.2) is 6.54 Å². The van der Waals surface area contributed by atoms with Gasteiger partial charge in [-0.05, 0) is 58.2 Å². The molecule has 0 amide bonds. The van der Waals surface area contributed by atoms with Gasteiger partial charge in [0.2, 0.25) is 0 Å². The van der Waals surface area contributed by atoms with Crippen molar-refractivity contribution >= 4 is 27.5 Å². The van der Waals surface area contributed by atoms with E-state index in [0.29, 0.717) is 4.47 Å². The largest absolute Gasteiger partial charge is 0.306 e. The quantitative estimate of drug-likeness (QED) is 0.789. The predicted molar refractivity (Wildman–Crippen MR) is 85.8 cm³/mol. The van der Waals surface area contributed by atoms with E-state index in [0.717, 1.165) is 28.3 Å². The molecular weight excluding hydrogens is 341 g/mol. The van der Waals surface area contributed by atoms with Crippen LogP contribution in [0.2, 0.25) is 5.02 Å². The van der Waals surface area contributed by atoms with Crippen LogP contribution in [0.15, 0.2) is 40.9 Å². The monoisotopic (exact) mass is 355 g/mol. The summed E-state index contributed by atoms with van der Waals surface area (Å²) in [6.45, 7) is 4.81. The van der Waals surface area contributed by atoms with Crippen molar-refractivity contribution in [3.63, 3.8) is 0 Å². The average Bonchev–Trinajstić information content (AvgIpc) is 2.43. The summed E-state index contributed by atoms with van der Waals surface area (Å²) in [5.41, 5.74) is 3.02. The Morgan fingerprint density at radius 3 is 2.70 bits per heavy atom. The Bertz CT molecular complexity index is 615. The van der Waals surface area contributed by atoms with Gasteiger partial charge in [-0.2, -0.15) is 0 Å². The van der Waals surface area contributed by atoms with E-state index in [1.165, 1.54) is 6.07 Å². The highest BCUT2D eigenvalue weighted by Gasteiger charge is 2.17. The first-order chi connectivity index (χ1) is 9.54. The maximum Gasteiger partial charge on any atom is 0.137 e. The van der Waals surface area contributed by atoms with Crippen molar-refractivity contribution in [3.05, 3.63) is 68.4 Å². The molecule has 0 aromatic heterocycles. The first-order valence-electron chi connectivity index (χ1n) is 6.48. The van der Waals surface area contributed by atoms with Gasteiger partial charge in [-0.1, -0.05) is 42.8 Å². The molecular formula is C16H16BrClFN. The fourth-order valence-corrected chi connectivity index (χ4v) is 2.83. The van der Waals surface area contributed by atoms with E-state index in [9.17, 15) is 4.39 Å². The molecule has 20 heavy (non-hydrogen) atoms. The molecule has 1 atom stereocenters. The van der Waals surface area contributed by atoms with Crippen LogP contribution in [0.4, 0.5) is 4.39 Å². The molecule has 1 unspecified atom stereocenters. The summed E-state index contributed by atoms with van der Waals surface area (Å²) in [6.07, 6.45) is 0. The Balaban J connectivity index is 2.50. The second kappa shape index (κ2) is 6.70. The van der Waals surface area contributed by atoms with Crippen LogP contribution in [-0.2, 0) is 0 Å². The van der Waals surface area contributed by atoms with Gasteiger partial charge < -0.3 is 5.32 Å². The first kappa shape index (κ1) is 15.5. The fraction of sp³-hybridized carbons (Fsp3) is 0.250. The number of aryl methyl sites for hydroxylation is 1. The van der Waals surface area contributed by atoms with Crippen LogP contribution in [0.3, 0.4) is 0 Å². The molecule has 0 aliphatic carbocycles. The zero-order valence-corrected chi connectivity index (χ0v) is 13.7. The molecule has 0 spiro atoms. The SMILES string of the molecule is CCNC(c1ccc(F)c(Br)c1)c1cccc(C)c1Cl. The van der Waals surface area contributed by atoms with E-state index in [1.807, 2.05) is 32.0 Å². The molecule has 0 aliphatic rings. The minimum atomic E-state index is -0.265. The molecule has 1 nitrogen and oxygen atoms in total. The maximum atomic E-state index is 13.4. The van der Waals surface area contributed by atoms with Crippen LogP contribution in [0.25, 0.3) is 0 Å². The maximum absolute atomic E-state index is 13.4. The lowest BCUT2D eigenvalue weighted by atomic mass is 9.97. The number of nitrogens with one attached hydrogen (secondary N) is 1. The minimum absolute atomic E-state index is 0.0516. The van der Waals surface area contributed by atoms with Crippen molar-refractivity contribution in [2.45, 2.75) is 19.9 Å². The molecule has 1 N–H and O–H groups in total. The molecule has 0 radical (unpaired) electrons. The summed E-state index contributed by atoms with van der Waals surface area (Å²) in [7, 11) is 0. The minimum Gasteiger partial charge on any atom is -0.306 e. The summed E-state index contributed by atoms with van der Waals surface area (Å²) in [5, 5.41) is 4.15. The highest BCUT2D eigenvalue weighted by Crippen LogP contribution is 2.32. The van der Waals surface area contributed by atoms with Gasteiger partial charge in [0, 0.05) is 5.02 Å². The number of hydrogen-bond donors (Lipinski definition) is 1. The van der Waals surface area contributed by atoms with Crippen LogP contribution in [0, 0.1) is 12.7 Å². The number of halogens is 3. The zero-order valence-electron chi connectivity index (χ0n) is 11.4. The third-order valence-electron chi connectivity index (χ3n) is 3.22. The lowest BCUT2D eigenvalue weighted by molar-refractivity contribution is 0.608. The molecule has 0 bridgehead atoms. The van der Waals surface area contributed by atoms with Gasteiger partial charge in [-0.3, -0.25) is 0 Å². The predicted octanol–water partition coefficient (Wildman–Crippen LogP) is 5.25. The first-order valence-corrected chi connectivity index (χ1v) is 7.65. The van der Waals surface area contributed by atoms with E-state index in [1.54, 1.807) is 12.1 Å². The molecule has 2 aromatic carbocycles. The summed E-state index contributed by atoms with van der Waals surface area (Å²) in [4.78, 5) is 0. The lowest BCUT2D eigenvalue weighted by Gasteiger charge is -2.21. The van der Waals surface area contributed by atoms with Crippen molar-refractivity contribution in [1.29, 1.82) is 0 Å². The fourth-order valence-electron chi connectivity index (χ4n) is 2.20. The van der Waals surface area contributed by atoms with E-state index in [2.05, 4.69) is 21.2 Å². The van der Waals surface area contributed by atoms with Gasteiger partial charge in [0.05, 0.1) is 10.5 Å². The molecule has 4 heteroatoms. The standard InChI is InChI=1S/C16H16BrClFN/c1-3-20-16(11-7-8-14(19)13(17)9-11)12-6-4-5-10(2)15(12)18/h4-9,16,20H,3H2,1-2H3. The van der Waals surface area contributed by atoms with Crippen molar-refractivity contribution in [1.82, 2.24) is 5.32 Å². The topological polar surface area (TPSA) is 12.0 Å². The Labute approximate surface area is 132 Å². The average molecular weight is 357 g/mol. The van der Waals surface area contributed by atoms with Crippen LogP contribution in [0.1, 0.15) is 29.7 Å². The van der Waals surface area contributed by atoms with E-state index >= 15 is 0 Å². The third-order valence-corrected chi connectivity index (χ3v) is 4.34. The summed E-state index contributed by atoms with van der Waals surface area (Å²) >= 11 is 9.65. The number of hydrogen-bond acceptors (Lipinski definition) is 1. The smallest absolute Gasteiger partial charge is 0.137 e. The Morgan fingerprint density at radius 1 is 1.30 bits per heavy atom. The zero-order chi connectivity index (χ0) is 14.7. The Hall–Kier alpha value is -0.900. The van der Waals surface area contributed by atoms with Crippen molar-refractivity contribution in [3.8, 4) is 0 Å². The van der Waals surface area contributed by atoms with E-state index < -0.39 is 0 Å². The molecule has 2 aromatic rings. The second-order valence-electron chi connectivity index (χ2n) is 4.64. The molecule has 0 fully saturated rings. The molecule has 0 saturated heterocycles. The van der Waals surface area contributed by atoms with Crippen LogP contribution >= 0.6 is 27.5 Å². The number of benzene rings is 2. The third kappa shape index (κ3) is 3.22. The Kier molecular flexibility index (Phi) is 5.19. The lowest BCUT2D eigenvalue weighted by Crippen LogP contribution is -2.22. The van der Waals surface area contributed by atoms with Crippen molar-refractivity contribution in [2.75, 3.05) is 6.54 Å². The van der Waals surface area contributed by atoms with E-state index in [-0.39, 0.29) is 11.9 Å². The molecule has 2 rings (SSSR count). The van der Waals surface area contributed by atoms with Crippen LogP contribution in [0.5, 0.6) is 0 Å². The van der Waals surface area contributed by atoms with Gasteiger partial charge in [0.15, 0.2) is 0 Å². The van der Waals surface area contributed by atoms with Gasteiger partial charge >= 0.3 is 0 Å². The van der Waals surface area contributed by atoms with Gasteiger partial charge in [-0.15, -0.1) is 0 Å². The molecule has 106 valence electrons.